The highest BCUT2D eigenvalue weighted by atomic mass is 16.5. The number of unbranched alkanes of at least 4 members (excludes halogenated alkanes) is 10. The molecule has 0 aliphatic carbocycles. The number of carbonyl (C=O) groups excluding carboxylic acids is 1. The molecule has 4 nitrogen and oxygen atoms in total. The molecule has 0 aromatic rings. The fraction of sp³-hybridized carbons (Fsp3) is 0.957. The van der Waals surface area contributed by atoms with Gasteiger partial charge in [0.05, 0.1) is 19.1 Å². The average molecular weight is 386 g/mol. The van der Waals surface area contributed by atoms with Crippen LogP contribution in [0.4, 0.5) is 0 Å². The minimum Gasteiger partial charge on any atom is -0.465 e. The van der Waals surface area contributed by atoms with E-state index in [1.807, 2.05) is 0 Å². The van der Waals surface area contributed by atoms with Crippen molar-refractivity contribution in [2.24, 2.45) is 5.92 Å². The van der Waals surface area contributed by atoms with Crippen LogP contribution < -0.4 is 5.32 Å². The van der Waals surface area contributed by atoms with Gasteiger partial charge in [-0.15, -0.1) is 0 Å². The zero-order valence-electron chi connectivity index (χ0n) is 18.3. The summed E-state index contributed by atoms with van der Waals surface area (Å²) >= 11 is 0. The summed E-state index contributed by atoms with van der Waals surface area (Å²) in [4.78, 5) is 12.4. The van der Waals surface area contributed by atoms with Crippen LogP contribution >= 0.6 is 0 Å². The molecule has 0 saturated carbocycles. The molecule has 0 aliphatic rings. The van der Waals surface area contributed by atoms with Crippen molar-refractivity contribution in [3.63, 3.8) is 0 Å². The molecule has 0 aromatic heterocycles. The Kier molecular flexibility index (Phi) is 21.2. The number of esters is 1. The first-order valence-corrected chi connectivity index (χ1v) is 11.7. The summed E-state index contributed by atoms with van der Waals surface area (Å²) in [5, 5.41) is 11.9. The summed E-state index contributed by atoms with van der Waals surface area (Å²) in [6.07, 6.45) is 17.6. The fourth-order valence-electron chi connectivity index (χ4n) is 3.38. The Bertz CT molecular complexity index is 310. The average Bonchev–Trinajstić information content (AvgIpc) is 2.68. The minimum absolute atomic E-state index is 0.0512. The molecular weight excluding hydrogens is 338 g/mol. The molecule has 0 amide bonds. The molecule has 1 unspecified atom stereocenters. The van der Waals surface area contributed by atoms with E-state index in [2.05, 4.69) is 19.2 Å². The van der Waals surface area contributed by atoms with Crippen LogP contribution in [-0.4, -0.2) is 37.4 Å². The minimum atomic E-state index is 0.0512. The highest BCUT2D eigenvalue weighted by Gasteiger charge is 2.18. The van der Waals surface area contributed by atoms with Crippen molar-refractivity contribution in [1.29, 1.82) is 0 Å². The fourth-order valence-corrected chi connectivity index (χ4v) is 3.38. The van der Waals surface area contributed by atoms with Gasteiger partial charge in [-0.25, -0.2) is 0 Å². The van der Waals surface area contributed by atoms with Crippen LogP contribution in [0.3, 0.4) is 0 Å². The summed E-state index contributed by atoms with van der Waals surface area (Å²) in [5.41, 5.74) is 0. The summed E-state index contributed by atoms with van der Waals surface area (Å²) in [6.45, 7) is 6.94. The van der Waals surface area contributed by atoms with Crippen LogP contribution in [-0.2, 0) is 9.53 Å². The highest BCUT2D eigenvalue weighted by molar-refractivity contribution is 5.72. The first kappa shape index (κ1) is 26.4. The Morgan fingerprint density at radius 1 is 0.778 bits per heavy atom. The largest absolute Gasteiger partial charge is 0.465 e. The molecule has 0 rings (SSSR count). The van der Waals surface area contributed by atoms with Gasteiger partial charge >= 0.3 is 5.97 Å². The molecule has 0 aliphatic heterocycles. The number of rotatable bonds is 21. The monoisotopic (exact) mass is 385 g/mol. The van der Waals surface area contributed by atoms with E-state index in [1.54, 1.807) is 0 Å². The van der Waals surface area contributed by atoms with Crippen molar-refractivity contribution in [1.82, 2.24) is 5.32 Å². The predicted molar refractivity (Wildman–Crippen MR) is 115 cm³/mol. The normalized spacial score (nSPS) is 12.3. The first-order chi connectivity index (χ1) is 13.3. The molecule has 0 heterocycles. The molecule has 27 heavy (non-hydrogen) atoms. The van der Waals surface area contributed by atoms with Gasteiger partial charge in [-0.05, 0) is 32.2 Å². The van der Waals surface area contributed by atoms with Crippen molar-refractivity contribution in [3.05, 3.63) is 0 Å². The van der Waals surface area contributed by atoms with Gasteiger partial charge < -0.3 is 15.2 Å². The lowest BCUT2D eigenvalue weighted by Gasteiger charge is -2.15. The summed E-state index contributed by atoms with van der Waals surface area (Å²) in [6, 6.07) is 0. The van der Waals surface area contributed by atoms with Crippen LogP contribution in [0.25, 0.3) is 0 Å². The zero-order valence-corrected chi connectivity index (χ0v) is 18.3. The van der Waals surface area contributed by atoms with Crippen molar-refractivity contribution in [2.75, 3.05) is 26.3 Å². The van der Waals surface area contributed by atoms with E-state index in [-0.39, 0.29) is 18.5 Å². The van der Waals surface area contributed by atoms with Gasteiger partial charge in [0, 0.05) is 6.54 Å². The van der Waals surface area contributed by atoms with Crippen LogP contribution in [0.5, 0.6) is 0 Å². The van der Waals surface area contributed by atoms with E-state index < -0.39 is 0 Å². The predicted octanol–water partition coefficient (Wildman–Crippen LogP) is 5.62. The molecule has 0 saturated heterocycles. The number of aliphatic hydroxyl groups is 1. The van der Waals surface area contributed by atoms with Crippen LogP contribution in [0.1, 0.15) is 110 Å². The zero-order chi connectivity index (χ0) is 20.0. The topological polar surface area (TPSA) is 58.6 Å². The van der Waals surface area contributed by atoms with Gasteiger partial charge in [0.1, 0.15) is 0 Å². The molecular formula is C23H47NO3. The number of ether oxygens (including phenoxy) is 1. The lowest BCUT2D eigenvalue weighted by Crippen LogP contribution is -2.19. The number of hydrogen-bond acceptors (Lipinski definition) is 4. The Hall–Kier alpha value is -0.610. The second kappa shape index (κ2) is 21.7. The summed E-state index contributed by atoms with van der Waals surface area (Å²) in [5.74, 6) is 0.177. The van der Waals surface area contributed by atoms with Crippen molar-refractivity contribution in [3.8, 4) is 0 Å². The Balaban J connectivity index is 3.60. The van der Waals surface area contributed by atoms with Gasteiger partial charge in [0.15, 0.2) is 0 Å². The number of nitrogens with one attached hydrogen (secondary N) is 1. The van der Waals surface area contributed by atoms with E-state index in [9.17, 15) is 4.79 Å². The van der Waals surface area contributed by atoms with Gasteiger partial charge in [0.2, 0.25) is 0 Å². The summed E-state index contributed by atoms with van der Waals surface area (Å²) < 4.78 is 5.57. The van der Waals surface area contributed by atoms with Crippen LogP contribution in [0, 0.1) is 5.92 Å². The van der Waals surface area contributed by atoms with Crippen molar-refractivity contribution >= 4 is 5.97 Å². The lowest BCUT2D eigenvalue weighted by atomic mass is 9.95. The second-order valence-electron chi connectivity index (χ2n) is 7.80. The molecule has 0 aromatic carbocycles. The quantitative estimate of drug-likeness (QED) is 0.199. The number of carbonyl (C=O) groups is 1. The van der Waals surface area contributed by atoms with E-state index in [4.69, 9.17) is 9.84 Å². The van der Waals surface area contributed by atoms with Gasteiger partial charge in [-0.1, -0.05) is 84.5 Å². The molecule has 1 atom stereocenters. The van der Waals surface area contributed by atoms with E-state index >= 15 is 0 Å². The smallest absolute Gasteiger partial charge is 0.308 e. The van der Waals surface area contributed by atoms with Gasteiger partial charge in [-0.3, -0.25) is 4.79 Å². The van der Waals surface area contributed by atoms with Gasteiger partial charge in [0.25, 0.3) is 0 Å². The third-order valence-corrected chi connectivity index (χ3v) is 5.18. The molecule has 4 heteroatoms. The second-order valence-corrected chi connectivity index (χ2v) is 7.80. The number of aliphatic hydroxyl groups excluding tert-OH is 1. The summed E-state index contributed by atoms with van der Waals surface area (Å²) in [7, 11) is 0. The first-order valence-electron chi connectivity index (χ1n) is 11.7. The lowest BCUT2D eigenvalue weighted by molar-refractivity contribution is -0.149. The van der Waals surface area contributed by atoms with E-state index in [0.29, 0.717) is 13.2 Å². The molecule has 0 fully saturated rings. The van der Waals surface area contributed by atoms with Crippen LogP contribution in [0.2, 0.25) is 0 Å². The molecule has 0 radical (unpaired) electrons. The number of hydrogen-bond donors (Lipinski definition) is 2. The van der Waals surface area contributed by atoms with Crippen molar-refractivity contribution < 1.29 is 14.6 Å². The molecule has 2 N–H and O–H groups in total. The SMILES string of the molecule is CCCCCCC(CCCC)C(=O)OCCCCCCCCCNCCO. The van der Waals surface area contributed by atoms with E-state index in [0.717, 1.165) is 51.5 Å². The van der Waals surface area contributed by atoms with Gasteiger partial charge in [-0.2, -0.15) is 0 Å². The maximum atomic E-state index is 12.4. The van der Waals surface area contributed by atoms with Crippen molar-refractivity contribution in [2.45, 2.75) is 110 Å². The third-order valence-electron chi connectivity index (χ3n) is 5.18. The molecule has 0 bridgehead atoms. The maximum Gasteiger partial charge on any atom is 0.308 e. The Labute approximate surface area is 168 Å². The van der Waals surface area contributed by atoms with Crippen LogP contribution in [0.15, 0.2) is 0 Å². The molecule has 0 spiro atoms. The standard InChI is InChI=1S/C23H47NO3/c1-3-5-7-13-17-22(16-6-4-2)23(26)27-21-15-12-10-8-9-11-14-18-24-19-20-25/h22,24-25H,3-21H2,1-2H3. The Morgan fingerprint density at radius 2 is 1.37 bits per heavy atom. The maximum absolute atomic E-state index is 12.4. The molecule has 162 valence electrons. The Morgan fingerprint density at radius 3 is 2.04 bits per heavy atom. The van der Waals surface area contributed by atoms with E-state index in [1.165, 1.54) is 51.4 Å². The third kappa shape index (κ3) is 18.5. The highest BCUT2D eigenvalue weighted by Crippen LogP contribution is 2.19.